The number of nitrogens with one attached hydrogen (secondary N) is 1. The minimum atomic E-state index is 0. The first kappa shape index (κ1) is 15.1. The van der Waals surface area contributed by atoms with E-state index in [2.05, 4.69) is 53.6 Å². The molecule has 1 N–H and O–H groups in total. The Kier molecular flexibility index (Phi) is 5.60. The molecule has 20 heavy (non-hydrogen) atoms. The van der Waals surface area contributed by atoms with Crippen molar-refractivity contribution in [3.63, 3.8) is 0 Å². The van der Waals surface area contributed by atoms with Crippen LogP contribution in [-0.4, -0.2) is 0 Å². The van der Waals surface area contributed by atoms with E-state index in [0.29, 0.717) is 0 Å². The molecule has 0 bridgehead atoms. The van der Waals surface area contributed by atoms with Gasteiger partial charge in [0, 0.05) is 18.1 Å². The molecule has 2 aromatic rings. The van der Waals surface area contributed by atoms with Crippen LogP contribution in [0.5, 0.6) is 0 Å². The van der Waals surface area contributed by atoms with E-state index in [-0.39, 0.29) is 12.4 Å². The van der Waals surface area contributed by atoms with Crippen molar-refractivity contribution in [1.29, 1.82) is 0 Å². The number of pyridine rings is 1. The highest BCUT2D eigenvalue weighted by Crippen LogP contribution is 2.29. The molecule has 106 valence electrons. The zero-order valence-corrected chi connectivity index (χ0v) is 12.6. The molecule has 0 atom stereocenters. The number of benzene rings is 1. The van der Waals surface area contributed by atoms with Crippen molar-refractivity contribution in [3.8, 4) is 11.1 Å². The van der Waals surface area contributed by atoms with E-state index in [0.717, 1.165) is 5.92 Å². The lowest BCUT2D eigenvalue weighted by Gasteiger charge is -2.20. The lowest BCUT2D eigenvalue weighted by Crippen LogP contribution is -3.00. The first-order valence-corrected chi connectivity index (χ1v) is 7.48. The Morgan fingerprint density at radius 1 is 0.900 bits per heavy atom. The molecule has 0 aliphatic heterocycles. The standard InChI is InChI=1S/C18H21N.ClH/c1-3-8-15(9-4-1)14-18-17(12-7-13-19-18)16-10-5-2-6-11-16;/h2,5-7,10-13,15H,1,3-4,8-9,14H2;1H. The SMILES string of the molecule is [Cl-].c1ccc(-c2ccc[nH+]c2CC2CCCCC2)cc1. The number of aromatic nitrogens is 1. The van der Waals surface area contributed by atoms with Gasteiger partial charge < -0.3 is 12.4 Å². The summed E-state index contributed by atoms with van der Waals surface area (Å²) in [6.45, 7) is 0. The predicted octanol–water partition coefficient (Wildman–Crippen LogP) is 1.29. The van der Waals surface area contributed by atoms with E-state index in [9.17, 15) is 0 Å². The molecule has 1 aliphatic rings. The maximum atomic E-state index is 3.48. The molecular weight excluding hydrogens is 266 g/mol. The van der Waals surface area contributed by atoms with Crippen LogP contribution in [-0.2, 0) is 6.42 Å². The van der Waals surface area contributed by atoms with Gasteiger partial charge in [0.2, 0.25) is 0 Å². The molecule has 0 saturated heterocycles. The zero-order valence-electron chi connectivity index (χ0n) is 11.8. The number of H-pyrrole nitrogens is 1. The molecule has 0 radical (unpaired) electrons. The normalized spacial score (nSPS) is 15.6. The summed E-state index contributed by atoms with van der Waals surface area (Å²) in [5.41, 5.74) is 4.10. The first-order valence-electron chi connectivity index (χ1n) is 7.48. The largest absolute Gasteiger partial charge is 1.00 e. The van der Waals surface area contributed by atoms with Crippen LogP contribution in [0.25, 0.3) is 11.1 Å². The highest BCUT2D eigenvalue weighted by atomic mass is 35.5. The average molecular weight is 288 g/mol. The molecule has 0 amide bonds. The number of rotatable bonds is 3. The Morgan fingerprint density at radius 3 is 2.40 bits per heavy atom. The Labute approximate surface area is 127 Å². The van der Waals surface area contributed by atoms with Gasteiger partial charge in [-0.3, -0.25) is 0 Å². The Bertz CT molecular complexity index is 518. The van der Waals surface area contributed by atoms with Crippen LogP contribution in [0.2, 0.25) is 0 Å². The Hall–Kier alpha value is -1.34. The van der Waals surface area contributed by atoms with Gasteiger partial charge in [-0.05, 0) is 30.4 Å². The fourth-order valence-corrected chi connectivity index (χ4v) is 3.21. The van der Waals surface area contributed by atoms with E-state index in [1.165, 1.54) is 55.3 Å². The van der Waals surface area contributed by atoms with E-state index >= 15 is 0 Å². The van der Waals surface area contributed by atoms with Gasteiger partial charge in [-0.25, -0.2) is 4.98 Å². The summed E-state index contributed by atoms with van der Waals surface area (Å²) >= 11 is 0. The Balaban J connectivity index is 0.00000147. The third kappa shape index (κ3) is 3.61. The topological polar surface area (TPSA) is 14.1 Å². The van der Waals surface area contributed by atoms with E-state index in [4.69, 9.17) is 0 Å². The smallest absolute Gasteiger partial charge is 0.187 e. The van der Waals surface area contributed by atoms with E-state index in [1.807, 2.05) is 0 Å². The third-order valence-corrected chi connectivity index (χ3v) is 4.24. The highest BCUT2D eigenvalue weighted by Gasteiger charge is 2.19. The summed E-state index contributed by atoms with van der Waals surface area (Å²) in [6.07, 6.45) is 10.3. The van der Waals surface area contributed by atoms with Crippen LogP contribution < -0.4 is 17.4 Å². The van der Waals surface area contributed by atoms with E-state index in [1.54, 1.807) is 0 Å². The molecule has 1 aromatic carbocycles. The summed E-state index contributed by atoms with van der Waals surface area (Å²) in [4.78, 5) is 3.48. The van der Waals surface area contributed by atoms with Crippen molar-refractivity contribution in [1.82, 2.24) is 0 Å². The van der Waals surface area contributed by atoms with Crippen molar-refractivity contribution < 1.29 is 17.4 Å². The minimum absolute atomic E-state index is 0. The number of hydrogen-bond donors (Lipinski definition) is 0. The maximum Gasteiger partial charge on any atom is 0.187 e. The van der Waals surface area contributed by atoms with Crippen molar-refractivity contribution >= 4 is 0 Å². The quantitative estimate of drug-likeness (QED) is 0.808. The van der Waals surface area contributed by atoms with Crippen LogP contribution in [0.4, 0.5) is 0 Å². The molecule has 3 rings (SSSR count). The van der Waals surface area contributed by atoms with Gasteiger partial charge in [0.15, 0.2) is 11.9 Å². The minimum Gasteiger partial charge on any atom is -1.00 e. The van der Waals surface area contributed by atoms with Gasteiger partial charge >= 0.3 is 0 Å². The molecule has 1 saturated carbocycles. The summed E-state index contributed by atoms with van der Waals surface area (Å²) < 4.78 is 0. The summed E-state index contributed by atoms with van der Waals surface area (Å²) in [7, 11) is 0. The Morgan fingerprint density at radius 2 is 1.65 bits per heavy atom. The molecule has 1 fully saturated rings. The van der Waals surface area contributed by atoms with Gasteiger partial charge in [0.05, 0.1) is 0 Å². The lowest BCUT2D eigenvalue weighted by molar-refractivity contribution is -0.390. The molecule has 1 heterocycles. The zero-order chi connectivity index (χ0) is 12.9. The summed E-state index contributed by atoms with van der Waals surface area (Å²) in [5.74, 6) is 0.870. The molecular formula is C18H22ClN. The molecule has 0 unspecified atom stereocenters. The highest BCUT2D eigenvalue weighted by molar-refractivity contribution is 5.64. The van der Waals surface area contributed by atoms with Crippen LogP contribution in [0, 0.1) is 5.92 Å². The van der Waals surface area contributed by atoms with Crippen molar-refractivity contribution in [2.24, 2.45) is 5.92 Å². The molecule has 1 aromatic heterocycles. The van der Waals surface area contributed by atoms with Crippen LogP contribution in [0.15, 0.2) is 48.7 Å². The second-order valence-corrected chi connectivity index (χ2v) is 5.64. The summed E-state index contributed by atoms with van der Waals surface area (Å²) in [6, 6.07) is 15.1. The van der Waals surface area contributed by atoms with Gasteiger partial charge in [-0.2, -0.15) is 0 Å². The van der Waals surface area contributed by atoms with Crippen molar-refractivity contribution in [2.75, 3.05) is 0 Å². The third-order valence-electron chi connectivity index (χ3n) is 4.24. The molecule has 1 aliphatic carbocycles. The summed E-state index contributed by atoms with van der Waals surface area (Å²) in [5, 5.41) is 0. The fourth-order valence-electron chi connectivity index (χ4n) is 3.21. The molecule has 0 spiro atoms. The van der Waals surface area contributed by atoms with Crippen molar-refractivity contribution in [2.45, 2.75) is 38.5 Å². The predicted molar refractivity (Wildman–Crippen MR) is 78.7 cm³/mol. The van der Waals surface area contributed by atoms with Gasteiger partial charge in [0.1, 0.15) is 0 Å². The maximum absolute atomic E-state index is 3.48. The average Bonchev–Trinajstić information content (AvgIpc) is 2.50. The number of hydrogen-bond acceptors (Lipinski definition) is 0. The molecule has 1 nitrogen and oxygen atoms in total. The van der Waals surface area contributed by atoms with Gasteiger partial charge in [0.25, 0.3) is 0 Å². The first-order chi connectivity index (χ1) is 9.43. The second kappa shape index (κ2) is 7.44. The van der Waals surface area contributed by atoms with Crippen molar-refractivity contribution in [3.05, 3.63) is 54.4 Å². The van der Waals surface area contributed by atoms with Crippen LogP contribution >= 0.6 is 0 Å². The van der Waals surface area contributed by atoms with Crippen LogP contribution in [0.3, 0.4) is 0 Å². The van der Waals surface area contributed by atoms with E-state index < -0.39 is 0 Å². The molecule has 2 heteroatoms. The second-order valence-electron chi connectivity index (χ2n) is 5.64. The number of aromatic amines is 1. The van der Waals surface area contributed by atoms with Gasteiger partial charge in [-0.15, -0.1) is 0 Å². The lowest BCUT2D eigenvalue weighted by atomic mass is 9.85. The van der Waals surface area contributed by atoms with Gasteiger partial charge in [-0.1, -0.05) is 49.6 Å². The number of halogens is 1. The monoisotopic (exact) mass is 287 g/mol. The fraction of sp³-hybridized carbons (Fsp3) is 0.389. The van der Waals surface area contributed by atoms with Crippen LogP contribution in [0.1, 0.15) is 37.8 Å².